The Morgan fingerprint density at radius 1 is 1.32 bits per heavy atom. The fraction of sp³-hybridized carbons (Fsp3) is 0.429. The molecule has 19 heavy (non-hydrogen) atoms. The van der Waals surface area contributed by atoms with Gasteiger partial charge in [-0.05, 0) is 28.1 Å². The number of rotatable bonds is 4. The third kappa shape index (κ3) is 4.28. The molecular formula is C14H18BrN3S. The van der Waals surface area contributed by atoms with Crippen LogP contribution < -0.4 is 5.32 Å². The number of nitrogens with one attached hydrogen (secondary N) is 1. The molecule has 0 aliphatic carbocycles. The summed E-state index contributed by atoms with van der Waals surface area (Å²) in [6, 6.07) is 3.95. The zero-order valence-electron chi connectivity index (χ0n) is 11.4. The maximum absolute atomic E-state index is 4.68. The molecule has 0 aliphatic rings. The van der Waals surface area contributed by atoms with E-state index in [1.54, 1.807) is 17.5 Å². The van der Waals surface area contributed by atoms with Crippen LogP contribution in [0.15, 0.2) is 28.2 Å². The summed E-state index contributed by atoms with van der Waals surface area (Å²) in [5.41, 5.74) is 1.31. The molecule has 0 fully saturated rings. The highest BCUT2D eigenvalue weighted by Crippen LogP contribution is 2.24. The number of thiazole rings is 1. The van der Waals surface area contributed by atoms with E-state index in [2.05, 4.69) is 57.4 Å². The van der Waals surface area contributed by atoms with Crippen molar-refractivity contribution in [3.8, 4) is 0 Å². The minimum absolute atomic E-state index is 0.134. The summed E-state index contributed by atoms with van der Waals surface area (Å²) < 4.78 is 0.993. The molecule has 0 saturated carbocycles. The first-order valence-electron chi connectivity index (χ1n) is 6.25. The summed E-state index contributed by atoms with van der Waals surface area (Å²) in [7, 11) is 0. The van der Waals surface area contributed by atoms with Crippen molar-refractivity contribution in [2.45, 2.75) is 32.6 Å². The number of hydrogen-bond donors (Lipinski definition) is 1. The molecular weight excluding hydrogens is 322 g/mol. The molecule has 0 saturated heterocycles. The Hall–Kier alpha value is -0.940. The summed E-state index contributed by atoms with van der Waals surface area (Å²) in [6.45, 7) is 7.42. The molecule has 1 N–H and O–H groups in total. The molecule has 0 spiro atoms. The van der Waals surface area contributed by atoms with E-state index in [-0.39, 0.29) is 5.41 Å². The van der Waals surface area contributed by atoms with Crippen LogP contribution in [0.2, 0.25) is 0 Å². The lowest BCUT2D eigenvalue weighted by Crippen LogP contribution is -2.12. The Bertz CT molecular complexity index is 528. The van der Waals surface area contributed by atoms with Gasteiger partial charge in [0.15, 0.2) is 0 Å². The highest BCUT2D eigenvalue weighted by molar-refractivity contribution is 9.10. The molecule has 2 heterocycles. The smallest absolute Gasteiger partial charge is 0.125 e. The number of nitrogens with zero attached hydrogens (tertiary/aromatic N) is 2. The van der Waals surface area contributed by atoms with Crippen molar-refractivity contribution in [3.05, 3.63) is 38.9 Å². The number of anilines is 1. The molecule has 0 aliphatic heterocycles. The standard InChI is InChI=1S/C14H18BrN3S/c1-14(2,3)11-9-19-13(18-11)6-7-16-12-5-4-10(15)8-17-12/h4-5,8-9H,6-7H2,1-3H3,(H,16,17). The molecule has 0 aromatic carbocycles. The number of hydrogen-bond acceptors (Lipinski definition) is 4. The Morgan fingerprint density at radius 2 is 2.11 bits per heavy atom. The first-order chi connectivity index (χ1) is 8.95. The highest BCUT2D eigenvalue weighted by atomic mass is 79.9. The summed E-state index contributed by atoms with van der Waals surface area (Å²) in [5, 5.41) is 6.64. The summed E-state index contributed by atoms with van der Waals surface area (Å²) >= 11 is 5.11. The van der Waals surface area contributed by atoms with E-state index in [0.717, 1.165) is 23.3 Å². The third-order valence-corrected chi connectivity index (χ3v) is 4.07. The molecule has 2 aromatic rings. The van der Waals surface area contributed by atoms with Crippen molar-refractivity contribution in [2.24, 2.45) is 0 Å². The van der Waals surface area contributed by atoms with Crippen LogP contribution in [0.5, 0.6) is 0 Å². The highest BCUT2D eigenvalue weighted by Gasteiger charge is 2.17. The first kappa shape index (κ1) is 14.5. The number of pyridine rings is 1. The SMILES string of the molecule is CC(C)(C)c1csc(CCNc2ccc(Br)cn2)n1. The van der Waals surface area contributed by atoms with Crippen molar-refractivity contribution in [1.29, 1.82) is 0 Å². The fourth-order valence-electron chi connectivity index (χ4n) is 1.55. The van der Waals surface area contributed by atoms with Gasteiger partial charge in [-0.2, -0.15) is 0 Å². The lowest BCUT2D eigenvalue weighted by atomic mass is 9.93. The van der Waals surface area contributed by atoms with Crippen LogP contribution in [0.4, 0.5) is 5.82 Å². The van der Waals surface area contributed by atoms with Crippen LogP contribution in [0.25, 0.3) is 0 Å². The Balaban J connectivity index is 1.86. The van der Waals surface area contributed by atoms with Crippen LogP contribution in [-0.4, -0.2) is 16.5 Å². The van der Waals surface area contributed by atoms with E-state index in [9.17, 15) is 0 Å². The average Bonchev–Trinajstić information content (AvgIpc) is 2.80. The monoisotopic (exact) mass is 339 g/mol. The number of halogens is 1. The Morgan fingerprint density at radius 3 is 2.68 bits per heavy atom. The minimum atomic E-state index is 0.134. The zero-order chi connectivity index (χ0) is 13.9. The van der Waals surface area contributed by atoms with Gasteiger partial charge < -0.3 is 5.32 Å². The topological polar surface area (TPSA) is 37.8 Å². The van der Waals surface area contributed by atoms with E-state index in [1.807, 2.05) is 12.1 Å². The van der Waals surface area contributed by atoms with Crippen LogP contribution in [0, 0.1) is 0 Å². The van der Waals surface area contributed by atoms with Crippen molar-refractivity contribution >= 4 is 33.1 Å². The zero-order valence-corrected chi connectivity index (χ0v) is 13.8. The molecule has 5 heteroatoms. The first-order valence-corrected chi connectivity index (χ1v) is 7.93. The van der Waals surface area contributed by atoms with E-state index in [0.29, 0.717) is 0 Å². The van der Waals surface area contributed by atoms with E-state index < -0.39 is 0 Å². The molecule has 2 aromatic heterocycles. The van der Waals surface area contributed by atoms with Crippen LogP contribution in [0.3, 0.4) is 0 Å². The van der Waals surface area contributed by atoms with Crippen molar-refractivity contribution in [2.75, 3.05) is 11.9 Å². The normalized spacial score (nSPS) is 11.6. The molecule has 0 atom stereocenters. The molecule has 2 rings (SSSR count). The molecule has 0 unspecified atom stereocenters. The van der Waals surface area contributed by atoms with Gasteiger partial charge in [0, 0.05) is 34.4 Å². The quantitative estimate of drug-likeness (QED) is 0.904. The van der Waals surface area contributed by atoms with Crippen LogP contribution >= 0.6 is 27.3 Å². The molecule has 3 nitrogen and oxygen atoms in total. The molecule has 0 radical (unpaired) electrons. The minimum Gasteiger partial charge on any atom is -0.370 e. The largest absolute Gasteiger partial charge is 0.370 e. The second-order valence-corrected chi connectivity index (χ2v) is 7.27. The lowest BCUT2D eigenvalue weighted by molar-refractivity contribution is 0.571. The Labute approximate surface area is 126 Å². The Kier molecular flexibility index (Phi) is 4.58. The van der Waals surface area contributed by atoms with Gasteiger partial charge in [0.05, 0.1) is 10.7 Å². The predicted octanol–water partition coefficient (Wildman–Crippen LogP) is 4.25. The summed E-state index contributed by atoms with van der Waals surface area (Å²) in [4.78, 5) is 8.96. The fourth-order valence-corrected chi connectivity index (χ4v) is 2.81. The third-order valence-electron chi connectivity index (χ3n) is 2.69. The van der Waals surface area contributed by atoms with E-state index >= 15 is 0 Å². The maximum Gasteiger partial charge on any atom is 0.125 e. The van der Waals surface area contributed by atoms with Gasteiger partial charge in [0.1, 0.15) is 5.82 Å². The van der Waals surface area contributed by atoms with Crippen molar-refractivity contribution < 1.29 is 0 Å². The van der Waals surface area contributed by atoms with Crippen molar-refractivity contribution in [1.82, 2.24) is 9.97 Å². The van der Waals surface area contributed by atoms with Gasteiger partial charge in [-0.1, -0.05) is 20.8 Å². The van der Waals surface area contributed by atoms with Gasteiger partial charge in [-0.25, -0.2) is 9.97 Å². The molecule has 102 valence electrons. The number of aromatic nitrogens is 2. The summed E-state index contributed by atoms with van der Waals surface area (Å²) in [6.07, 6.45) is 2.72. The summed E-state index contributed by atoms with van der Waals surface area (Å²) in [5.74, 6) is 0.899. The van der Waals surface area contributed by atoms with Crippen LogP contribution in [0.1, 0.15) is 31.5 Å². The van der Waals surface area contributed by atoms with Gasteiger partial charge in [0.25, 0.3) is 0 Å². The second-order valence-electron chi connectivity index (χ2n) is 5.41. The average molecular weight is 340 g/mol. The van der Waals surface area contributed by atoms with Gasteiger partial charge >= 0.3 is 0 Å². The van der Waals surface area contributed by atoms with Crippen LogP contribution in [-0.2, 0) is 11.8 Å². The predicted molar refractivity (Wildman–Crippen MR) is 84.9 cm³/mol. The lowest BCUT2D eigenvalue weighted by Gasteiger charge is -2.14. The van der Waals surface area contributed by atoms with E-state index in [1.165, 1.54) is 10.7 Å². The molecule has 0 bridgehead atoms. The van der Waals surface area contributed by atoms with Gasteiger partial charge in [-0.15, -0.1) is 11.3 Å². The maximum atomic E-state index is 4.68. The van der Waals surface area contributed by atoms with Gasteiger partial charge in [0.2, 0.25) is 0 Å². The molecule has 0 amide bonds. The van der Waals surface area contributed by atoms with E-state index in [4.69, 9.17) is 0 Å². The van der Waals surface area contributed by atoms with Gasteiger partial charge in [-0.3, -0.25) is 0 Å². The second kappa shape index (κ2) is 6.01. The van der Waals surface area contributed by atoms with Crippen molar-refractivity contribution in [3.63, 3.8) is 0 Å².